The van der Waals surface area contributed by atoms with Gasteiger partial charge in [0.05, 0.1) is 36.0 Å². The molecule has 15 nitrogen and oxygen atoms in total. The third-order valence-corrected chi connectivity index (χ3v) is 8.03. The lowest BCUT2D eigenvalue weighted by molar-refractivity contribution is -0.249. The Morgan fingerprint density at radius 1 is 1.21 bits per heavy atom. The predicted molar refractivity (Wildman–Crippen MR) is 140 cm³/mol. The molecule has 0 aromatic heterocycles. The van der Waals surface area contributed by atoms with E-state index in [4.69, 9.17) is 19.7 Å². The number of benzene rings is 2. The molecular formula is C27H28N4O11. The lowest BCUT2D eigenvalue weighted by atomic mass is 9.72. The number of hydrogen-bond acceptors (Lipinski definition) is 12. The second-order valence-electron chi connectivity index (χ2n) is 10.4. The first kappa shape index (κ1) is 29.3. The number of carbonyl (C=O) groups is 3. The summed E-state index contributed by atoms with van der Waals surface area (Å²) in [5.41, 5.74) is 7.23. The standard InChI is InChI=1S/C27H28N4O11/c1-10-22(34)13(29-31-30-28)6-17(41-10)42-15-8-27(39,16(33)9-32)7-12-19(15)26(38)21-20(24(12)36)23(35)11-4-3-5-14(40-2)18(11)25(21)37/h3-5,10,13,15,17,22,29,32,34,36,38-39H,6-9H2,1-2H3/t10?,13?,15-,17?,22?,27-/m0/s1. The van der Waals surface area contributed by atoms with Gasteiger partial charge in [-0.15, -0.1) is 5.53 Å². The molecule has 5 rings (SSSR count). The highest BCUT2D eigenvalue weighted by Gasteiger charge is 2.50. The number of methoxy groups -OCH3 is 1. The van der Waals surface area contributed by atoms with Crippen LogP contribution in [0.15, 0.2) is 23.4 Å². The molecule has 2 aromatic rings. The van der Waals surface area contributed by atoms with E-state index in [-0.39, 0.29) is 34.4 Å². The third-order valence-electron chi connectivity index (χ3n) is 8.03. The second kappa shape index (κ2) is 10.9. The fourth-order valence-corrected chi connectivity index (χ4v) is 5.94. The van der Waals surface area contributed by atoms with Crippen molar-refractivity contribution in [3.63, 3.8) is 0 Å². The second-order valence-corrected chi connectivity index (χ2v) is 10.4. The molecule has 3 aliphatic rings. The fourth-order valence-electron chi connectivity index (χ4n) is 5.94. The average Bonchev–Trinajstić information content (AvgIpc) is 2.97. The minimum absolute atomic E-state index is 0.0746. The number of carbonyl (C=O) groups excluding carboxylic acids is 3. The van der Waals surface area contributed by atoms with Crippen molar-refractivity contribution in [1.29, 1.82) is 0 Å². The van der Waals surface area contributed by atoms with Crippen molar-refractivity contribution >= 4 is 17.3 Å². The number of aromatic hydroxyl groups is 2. The number of phenols is 2. The van der Waals surface area contributed by atoms with Gasteiger partial charge >= 0.3 is 0 Å². The van der Waals surface area contributed by atoms with E-state index in [1.807, 2.05) is 0 Å². The van der Waals surface area contributed by atoms with Gasteiger partial charge in [-0.3, -0.25) is 19.8 Å². The van der Waals surface area contributed by atoms with Crippen molar-refractivity contribution in [3.8, 4) is 17.2 Å². The summed E-state index contributed by atoms with van der Waals surface area (Å²) in [7, 11) is 1.31. The Labute approximate surface area is 237 Å². The summed E-state index contributed by atoms with van der Waals surface area (Å²) in [6.45, 7) is 0.475. The van der Waals surface area contributed by atoms with E-state index in [9.17, 15) is 39.9 Å². The summed E-state index contributed by atoms with van der Waals surface area (Å²) in [5.74, 6) is -3.97. The minimum atomic E-state index is -2.30. The molecule has 2 aliphatic carbocycles. The van der Waals surface area contributed by atoms with Crippen molar-refractivity contribution in [2.45, 2.75) is 62.4 Å². The molecule has 2 aromatic carbocycles. The summed E-state index contributed by atoms with van der Waals surface area (Å²) >= 11 is 0. The van der Waals surface area contributed by atoms with E-state index in [2.05, 4.69) is 15.6 Å². The van der Waals surface area contributed by atoms with Crippen LogP contribution in [-0.2, 0) is 20.7 Å². The Bertz CT molecular complexity index is 1540. The van der Waals surface area contributed by atoms with Crippen LogP contribution >= 0.6 is 0 Å². The van der Waals surface area contributed by atoms with Crippen LogP contribution in [0.1, 0.15) is 68.8 Å². The lowest BCUT2D eigenvalue weighted by Gasteiger charge is -2.42. The molecule has 42 heavy (non-hydrogen) atoms. The molecule has 1 aliphatic heterocycles. The van der Waals surface area contributed by atoms with Crippen molar-refractivity contribution in [3.05, 3.63) is 62.0 Å². The van der Waals surface area contributed by atoms with Crippen LogP contribution < -0.4 is 10.2 Å². The van der Waals surface area contributed by atoms with Gasteiger partial charge in [0.15, 0.2) is 17.9 Å². The van der Waals surface area contributed by atoms with Crippen LogP contribution in [0.5, 0.6) is 17.2 Å². The molecule has 4 unspecified atom stereocenters. The smallest absolute Gasteiger partial charge is 0.202 e. The normalized spacial score (nSPS) is 28.2. The minimum Gasteiger partial charge on any atom is -0.507 e. The van der Waals surface area contributed by atoms with Crippen LogP contribution in [0.2, 0.25) is 0 Å². The lowest BCUT2D eigenvalue weighted by Crippen LogP contribution is -2.53. The zero-order valence-electron chi connectivity index (χ0n) is 22.5. The number of ether oxygens (including phenoxy) is 3. The summed E-state index contributed by atoms with van der Waals surface area (Å²) < 4.78 is 17.1. The Morgan fingerprint density at radius 2 is 1.93 bits per heavy atom. The van der Waals surface area contributed by atoms with Crippen LogP contribution in [-0.4, -0.2) is 86.7 Å². The highest BCUT2D eigenvalue weighted by Crippen LogP contribution is 2.52. The monoisotopic (exact) mass is 584 g/mol. The van der Waals surface area contributed by atoms with Crippen molar-refractivity contribution in [1.82, 2.24) is 5.43 Å². The number of Topliss-reactive ketones (excluding diaryl/α,β-unsaturated/α-hetero) is 1. The maximum Gasteiger partial charge on any atom is 0.202 e. The number of fused-ring (bicyclic) bond motifs is 3. The van der Waals surface area contributed by atoms with E-state index < -0.39 is 95.7 Å². The molecule has 0 bridgehead atoms. The van der Waals surface area contributed by atoms with Gasteiger partial charge in [0.2, 0.25) is 5.78 Å². The van der Waals surface area contributed by atoms with Crippen molar-refractivity contribution in [2.75, 3.05) is 13.7 Å². The van der Waals surface area contributed by atoms with Crippen LogP contribution in [0, 0.1) is 0 Å². The molecule has 1 saturated heterocycles. The number of phenolic OH excluding ortho intramolecular Hbond substituents is 2. The Balaban J connectivity index is 1.65. The number of nitrogens with one attached hydrogen (secondary N) is 1. The van der Waals surface area contributed by atoms with Gasteiger partial charge in [-0.25, -0.2) is 0 Å². The maximum atomic E-state index is 13.7. The quantitative estimate of drug-likeness (QED) is 0.0745. The average molecular weight is 585 g/mol. The van der Waals surface area contributed by atoms with E-state index in [1.54, 1.807) is 0 Å². The van der Waals surface area contributed by atoms with E-state index in [1.165, 1.54) is 32.2 Å². The molecule has 6 atom stereocenters. The topological polar surface area (TPSA) is 241 Å². The Kier molecular flexibility index (Phi) is 7.57. The largest absolute Gasteiger partial charge is 0.507 e. The molecule has 1 heterocycles. The molecule has 0 spiro atoms. The highest BCUT2D eigenvalue weighted by atomic mass is 16.7. The number of azide groups is 1. The van der Waals surface area contributed by atoms with Gasteiger partial charge in [0.25, 0.3) is 0 Å². The predicted octanol–water partition coefficient (Wildman–Crippen LogP) is 0.857. The molecular weight excluding hydrogens is 556 g/mol. The molecule has 15 heteroatoms. The van der Waals surface area contributed by atoms with Gasteiger partial charge in [0.1, 0.15) is 41.6 Å². The molecule has 6 N–H and O–H groups in total. The number of aliphatic hydroxyl groups excluding tert-OH is 2. The zero-order chi connectivity index (χ0) is 30.5. The Morgan fingerprint density at radius 3 is 2.60 bits per heavy atom. The van der Waals surface area contributed by atoms with Gasteiger partial charge in [0, 0.05) is 36.0 Å². The third kappa shape index (κ3) is 4.52. The number of nitrogens with zero attached hydrogens (tertiary/aromatic N) is 3. The van der Waals surface area contributed by atoms with Gasteiger partial charge in [-0.2, -0.15) is 4.91 Å². The van der Waals surface area contributed by atoms with E-state index in [0.29, 0.717) is 0 Å². The molecule has 0 amide bonds. The number of hydrogen-bond donors (Lipinski definition) is 6. The van der Waals surface area contributed by atoms with Gasteiger partial charge < -0.3 is 39.7 Å². The number of aliphatic hydroxyl groups is 3. The molecule has 0 radical (unpaired) electrons. The number of ketones is 3. The zero-order valence-corrected chi connectivity index (χ0v) is 22.5. The number of rotatable bonds is 7. The van der Waals surface area contributed by atoms with E-state index in [0.717, 1.165) is 0 Å². The van der Waals surface area contributed by atoms with Crippen molar-refractivity contribution in [2.24, 2.45) is 5.22 Å². The SMILES string of the molecule is COc1cccc2c1C(=O)c1c(O)c3c(c(O)c1C2=O)C[C@@](O)(C(=O)CO)C[C@@H]3OC1CC(NN=[N+]=[N-])C(O)C(C)O1. The maximum absolute atomic E-state index is 13.7. The summed E-state index contributed by atoms with van der Waals surface area (Å²) in [6.07, 6.45) is -5.77. The van der Waals surface area contributed by atoms with Crippen LogP contribution in [0.3, 0.4) is 0 Å². The first-order valence-electron chi connectivity index (χ1n) is 13.0. The van der Waals surface area contributed by atoms with Gasteiger partial charge in [-0.05, 0) is 18.2 Å². The van der Waals surface area contributed by atoms with Gasteiger partial charge in [-0.1, -0.05) is 12.1 Å². The highest BCUT2D eigenvalue weighted by molar-refractivity contribution is 6.31. The fraction of sp³-hybridized carbons (Fsp3) is 0.444. The Hall–Kier alpha value is -4.24. The summed E-state index contributed by atoms with van der Waals surface area (Å²) in [4.78, 5) is 42.6. The molecule has 222 valence electrons. The summed E-state index contributed by atoms with van der Waals surface area (Å²) in [5, 5.41) is 57.5. The molecule has 0 saturated carbocycles. The molecule has 1 fully saturated rings. The first-order chi connectivity index (χ1) is 20.0. The van der Waals surface area contributed by atoms with E-state index >= 15 is 0 Å². The first-order valence-corrected chi connectivity index (χ1v) is 13.0. The van der Waals surface area contributed by atoms with Crippen molar-refractivity contribution < 1.29 is 54.1 Å². The van der Waals surface area contributed by atoms with Crippen LogP contribution in [0.4, 0.5) is 0 Å². The summed E-state index contributed by atoms with van der Waals surface area (Å²) in [6, 6.07) is 3.49. The van der Waals surface area contributed by atoms with Crippen LogP contribution in [0.25, 0.3) is 10.4 Å².